The summed E-state index contributed by atoms with van der Waals surface area (Å²) in [6.07, 6.45) is 6.59. The van der Waals surface area contributed by atoms with Gasteiger partial charge in [0.2, 0.25) is 0 Å². The van der Waals surface area contributed by atoms with Gasteiger partial charge in [0.25, 0.3) is 0 Å². The number of unbranched alkanes of at least 4 members (excludes halogenated alkanes) is 1. The maximum atomic E-state index is 12.4. The molecule has 0 bridgehead atoms. The smallest absolute Gasteiger partial charge is 0.342 e. The third-order valence-electron chi connectivity index (χ3n) is 6.18. The van der Waals surface area contributed by atoms with E-state index in [1.165, 1.54) is 27.7 Å². The van der Waals surface area contributed by atoms with Crippen LogP contribution in [0.2, 0.25) is 0 Å². The lowest BCUT2D eigenvalue weighted by Crippen LogP contribution is -2.20. The number of ether oxygens (including phenoxy) is 3. The Labute approximate surface area is 227 Å². The minimum Gasteiger partial charge on any atom is -0.478 e. The van der Waals surface area contributed by atoms with Crippen LogP contribution >= 0.6 is 0 Å². The van der Waals surface area contributed by atoms with Crippen molar-refractivity contribution in [3.63, 3.8) is 0 Å². The maximum absolute atomic E-state index is 12.4. The first-order valence-corrected chi connectivity index (χ1v) is 13.1. The van der Waals surface area contributed by atoms with E-state index < -0.39 is 17.9 Å². The Morgan fingerprint density at radius 2 is 1.39 bits per heavy atom. The molecule has 1 fully saturated rings. The number of rotatable bonds is 10. The topological polar surface area (TPSA) is 116 Å². The summed E-state index contributed by atoms with van der Waals surface area (Å²) in [6.45, 7) is 21.5. The number of aliphatic carboxylic acids is 1. The molecule has 1 aliphatic carbocycles. The molecule has 0 aromatic heterocycles. The third kappa shape index (κ3) is 12.4. The highest BCUT2D eigenvalue weighted by Gasteiger charge is 2.27. The summed E-state index contributed by atoms with van der Waals surface area (Å²) in [5.41, 5.74) is 0.711. The number of esters is 3. The van der Waals surface area contributed by atoms with Crippen molar-refractivity contribution in [2.75, 3.05) is 6.61 Å². The molecular formula is C30H46O8. The molecule has 8 heteroatoms. The van der Waals surface area contributed by atoms with Crippen molar-refractivity contribution in [3.05, 3.63) is 47.0 Å². The lowest BCUT2D eigenvalue weighted by atomic mass is 9.86. The molecule has 38 heavy (non-hydrogen) atoms. The van der Waals surface area contributed by atoms with Crippen LogP contribution in [0.1, 0.15) is 100 Å². The van der Waals surface area contributed by atoms with Gasteiger partial charge in [-0.3, -0.25) is 0 Å². The Balaban J connectivity index is 0.000000889. The zero-order chi connectivity index (χ0) is 29.6. The molecule has 214 valence electrons. The van der Waals surface area contributed by atoms with Gasteiger partial charge < -0.3 is 19.3 Å². The van der Waals surface area contributed by atoms with Gasteiger partial charge in [0.05, 0.1) is 17.8 Å². The summed E-state index contributed by atoms with van der Waals surface area (Å²) in [7, 11) is 0. The van der Waals surface area contributed by atoms with E-state index in [2.05, 4.69) is 20.1 Å². The van der Waals surface area contributed by atoms with Crippen molar-refractivity contribution in [2.24, 2.45) is 11.3 Å². The van der Waals surface area contributed by atoms with Gasteiger partial charge in [0.1, 0.15) is 11.5 Å². The molecule has 0 heterocycles. The highest BCUT2D eigenvalue weighted by atomic mass is 16.6. The molecular weight excluding hydrogens is 488 g/mol. The second-order valence-electron chi connectivity index (χ2n) is 10.6. The minimum absolute atomic E-state index is 0.0321. The highest BCUT2D eigenvalue weighted by molar-refractivity contribution is 5.93. The van der Waals surface area contributed by atoms with Crippen LogP contribution in [0, 0.1) is 11.3 Å². The van der Waals surface area contributed by atoms with Crippen LogP contribution in [0.3, 0.4) is 0 Å². The fourth-order valence-corrected chi connectivity index (χ4v) is 3.26. The van der Waals surface area contributed by atoms with Gasteiger partial charge >= 0.3 is 23.9 Å². The van der Waals surface area contributed by atoms with Gasteiger partial charge in [0, 0.05) is 17.1 Å². The molecule has 0 aliphatic heterocycles. The van der Waals surface area contributed by atoms with Crippen molar-refractivity contribution >= 4 is 23.9 Å². The van der Waals surface area contributed by atoms with Crippen molar-refractivity contribution in [3.8, 4) is 0 Å². The first-order valence-electron chi connectivity index (χ1n) is 13.1. The first kappa shape index (κ1) is 34.8. The second-order valence-corrected chi connectivity index (χ2v) is 10.6. The van der Waals surface area contributed by atoms with E-state index in [1.54, 1.807) is 0 Å². The molecule has 1 aliphatic rings. The number of carbonyl (C=O) groups excluding carboxylic acids is 3. The highest BCUT2D eigenvalue weighted by Crippen LogP contribution is 2.33. The fraction of sp³-hybridized carbons (Fsp3) is 0.600. The van der Waals surface area contributed by atoms with Crippen molar-refractivity contribution in [2.45, 2.75) is 100 Å². The van der Waals surface area contributed by atoms with E-state index >= 15 is 0 Å². The monoisotopic (exact) mass is 534 g/mol. The molecule has 0 atom stereocenters. The molecule has 0 aromatic rings. The molecule has 1 N–H and O–H groups in total. The number of carboxylic acids is 1. The minimum atomic E-state index is -1.11. The Morgan fingerprint density at radius 3 is 1.84 bits per heavy atom. The molecule has 0 radical (unpaired) electrons. The summed E-state index contributed by atoms with van der Waals surface area (Å²) in [5, 5.41) is 9.28. The van der Waals surface area contributed by atoms with E-state index in [1.807, 2.05) is 20.8 Å². The Morgan fingerprint density at radius 1 is 0.842 bits per heavy atom. The predicted molar refractivity (Wildman–Crippen MR) is 147 cm³/mol. The lowest BCUT2D eigenvalue weighted by Gasteiger charge is -2.25. The molecule has 0 amide bonds. The van der Waals surface area contributed by atoms with E-state index in [9.17, 15) is 24.3 Å². The standard InChI is InChI=1S/C19H26O6.C11H20O2/c1-11(2)18(22)24-14(5)12(3)19(23)25-16(13(4)17(20)21)15-9-7-6-8-10-15;1-6-7-8-13-10(12)9(2)11(3,4)5/h15H,1,6-10H2,2-5H3,(H,20,21);2,6-8H2,1,3-5H3. The van der Waals surface area contributed by atoms with Crippen LogP contribution in [0.25, 0.3) is 0 Å². The number of hydrogen-bond donors (Lipinski definition) is 1. The van der Waals surface area contributed by atoms with Crippen LogP contribution in [-0.4, -0.2) is 35.6 Å². The van der Waals surface area contributed by atoms with Crippen molar-refractivity contribution in [1.82, 2.24) is 0 Å². The van der Waals surface area contributed by atoms with Gasteiger partial charge in [-0.15, -0.1) is 0 Å². The van der Waals surface area contributed by atoms with Gasteiger partial charge in [-0.25, -0.2) is 19.2 Å². The summed E-state index contributed by atoms with van der Waals surface area (Å²) in [5.74, 6) is -2.49. The second kappa shape index (κ2) is 16.6. The largest absolute Gasteiger partial charge is 0.478 e. The van der Waals surface area contributed by atoms with Gasteiger partial charge in [-0.1, -0.05) is 66.5 Å². The summed E-state index contributed by atoms with van der Waals surface area (Å²) >= 11 is 0. The maximum Gasteiger partial charge on any atom is 0.342 e. The average molecular weight is 535 g/mol. The Kier molecular flexibility index (Phi) is 15.3. The number of carboxylic acid groups (broad SMARTS) is 1. The molecule has 0 unspecified atom stereocenters. The average Bonchev–Trinajstić information content (AvgIpc) is 2.85. The van der Waals surface area contributed by atoms with E-state index in [0.717, 1.165) is 44.9 Å². The Hall–Kier alpha value is -3.16. The molecule has 0 spiro atoms. The predicted octanol–water partition coefficient (Wildman–Crippen LogP) is 6.81. The molecule has 1 saturated carbocycles. The quantitative estimate of drug-likeness (QED) is 0.107. The molecule has 0 saturated heterocycles. The van der Waals surface area contributed by atoms with Gasteiger partial charge in [-0.2, -0.15) is 0 Å². The molecule has 8 nitrogen and oxygen atoms in total. The zero-order valence-electron chi connectivity index (χ0n) is 24.5. The van der Waals surface area contributed by atoms with E-state index in [0.29, 0.717) is 12.2 Å². The van der Waals surface area contributed by atoms with Crippen LogP contribution in [0.5, 0.6) is 0 Å². The van der Waals surface area contributed by atoms with Crippen molar-refractivity contribution < 1.29 is 38.5 Å². The van der Waals surface area contributed by atoms with Crippen LogP contribution < -0.4 is 0 Å². The Bertz CT molecular complexity index is 953. The normalized spacial score (nSPS) is 15.1. The summed E-state index contributed by atoms with van der Waals surface area (Å²) in [6, 6.07) is 0. The van der Waals surface area contributed by atoms with Crippen LogP contribution in [-0.2, 0) is 33.4 Å². The van der Waals surface area contributed by atoms with Gasteiger partial charge in [-0.05, 0) is 52.4 Å². The third-order valence-corrected chi connectivity index (χ3v) is 6.18. The van der Waals surface area contributed by atoms with Gasteiger partial charge in [0.15, 0.2) is 0 Å². The first-order chi connectivity index (χ1) is 17.5. The van der Waals surface area contributed by atoms with E-state index in [4.69, 9.17) is 14.2 Å². The molecule has 1 rings (SSSR count). The lowest BCUT2D eigenvalue weighted by molar-refractivity contribution is -0.140. The van der Waals surface area contributed by atoms with E-state index in [-0.39, 0.29) is 45.5 Å². The summed E-state index contributed by atoms with van der Waals surface area (Å²) < 4.78 is 15.5. The SMILES string of the molecule is C=C(C(=O)OCCCC)C(C)(C)C.C=C(C)C(=O)OC(C)=C(C)C(=O)OC(=C(C)C(=O)O)C1CCCCC1. The number of allylic oxidation sites excluding steroid dienone is 2. The summed E-state index contributed by atoms with van der Waals surface area (Å²) in [4.78, 5) is 46.6. The fourth-order valence-electron chi connectivity index (χ4n) is 3.26. The number of hydrogen-bond acceptors (Lipinski definition) is 7. The zero-order valence-corrected chi connectivity index (χ0v) is 24.5. The van der Waals surface area contributed by atoms with Crippen molar-refractivity contribution in [1.29, 1.82) is 0 Å². The number of carbonyl (C=O) groups is 4. The van der Waals surface area contributed by atoms with Crippen LogP contribution in [0.4, 0.5) is 0 Å². The molecule has 0 aromatic carbocycles. The van der Waals surface area contributed by atoms with Crippen LogP contribution in [0.15, 0.2) is 47.0 Å².